The summed E-state index contributed by atoms with van der Waals surface area (Å²) in [6.07, 6.45) is 28.2. The summed E-state index contributed by atoms with van der Waals surface area (Å²) >= 11 is 0. The molecule has 4 aromatic rings. The van der Waals surface area contributed by atoms with Crippen molar-refractivity contribution in [3.05, 3.63) is 181 Å². The van der Waals surface area contributed by atoms with E-state index in [9.17, 15) is 0 Å². The van der Waals surface area contributed by atoms with Gasteiger partial charge < -0.3 is 0 Å². The summed E-state index contributed by atoms with van der Waals surface area (Å²) in [6.45, 7) is 0. The van der Waals surface area contributed by atoms with Crippen LogP contribution in [0, 0.1) is 5.92 Å². The molecule has 0 spiro atoms. The summed E-state index contributed by atoms with van der Waals surface area (Å²) < 4.78 is 0. The number of hydrogen-bond donors (Lipinski definition) is 0. The van der Waals surface area contributed by atoms with Crippen LogP contribution in [0.25, 0.3) is 27.6 Å². The first-order chi connectivity index (χ1) is 25.7. The van der Waals surface area contributed by atoms with Crippen molar-refractivity contribution in [3.63, 3.8) is 0 Å². The lowest BCUT2D eigenvalue weighted by molar-refractivity contribution is 0.704. The van der Waals surface area contributed by atoms with Gasteiger partial charge >= 0.3 is 0 Å². The van der Waals surface area contributed by atoms with Crippen LogP contribution in [0.2, 0.25) is 0 Å². The van der Waals surface area contributed by atoms with Gasteiger partial charge in [0.1, 0.15) is 0 Å². The lowest BCUT2D eigenvalue weighted by Gasteiger charge is -2.29. The van der Waals surface area contributed by atoms with E-state index >= 15 is 0 Å². The van der Waals surface area contributed by atoms with Crippen LogP contribution in [0.5, 0.6) is 0 Å². The predicted molar refractivity (Wildman–Crippen MR) is 206 cm³/mol. The number of aromatic nitrogens is 4. The number of fused-ring (bicyclic) bond motifs is 8. The Kier molecular flexibility index (Phi) is 5.47. The Morgan fingerprint density at radius 2 is 0.904 bits per heavy atom. The molecule has 2 heterocycles. The molecule has 0 amide bonds. The highest BCUT2D eigenvalue weighted by Gasteiger charge is 2.42. The number of nitrogens with zero attached hydrogens (tertiary/aromatic N) is 4. The fourth-order valence-corrected chi connectivity index (χ4v) is 11.1. The van der Waals surface area contributed by atoms with Gasteiger partial charge in [0.25, 0.3) is 0 Å². The van der Waals surface area contributed by atoms with Crippen LogP contribution in [0.4, 0.5) is 0 Å². The van der Waals surface area contributed by atoms with Gasteiger partial charge in [0.2, 0.25) is 0 Å². The highest BCUT2D eigenvalue weighted by atomic mass is 14.9. The third-order valence-electron chi connectivity index (χ3n) is 13.7. The molecule has 2 aromatic carbocycles. The van der Waals surface area contributed by atoms with Crippen LogP contribution in [0.1, 0.15) is 91.9 Å². The molecule has 0 saturated carbocycles. The Balaban J connectivity index is 1.11. The molecule has 4 atom stereocenters. The Morgan fingerprint density at radius 1 is 0.404 bits per heavy atom. The maximum atomic E-state index is 5.55. The summed E-state index contributed by atoms with van der Waals surface area (Å²) in [5.41, 5.74) is 26.4. The molecule has 4 heteroatoms. The minimum absolute atomic E-state index is 0.149. The van der Waals surface area contributed by atoms with Gasteiger partial charge in [-0.05, 0) is 120 Å². The second kappa shape index (κ2) is 10.1. The van der Waals surface area contributed by atoms with Gasteiger partial charge in [0.15, 0.2) is 0 Å². The summed E-state index contributed by atoms with van der Waals surface area (Å²) in [6, 6.07) is 16.9. The van der Waals surface area contributed by atoms with E-state index < -0.39 is 0 Å². The molecule has 9 aliphatic carbocycles. The van der Waals surface area contributed by atoms with Crippen molar-refractivity contribution in [3.8, 4) is 0 Å². The molecule has 13 rings (SSSR count). The zero-order valence-electron chi connectivity index (χ0n) is 29.0. The molecular formula is C48H36N4. The Labute approximate surface area is 302 Å². The molecule has 0 saturated heterocycles. The van der Waals surface area contributed by atoms with Crippen molar-refractivity contribution >= 4 is 27.6 Å². The molecule has 9 aliphatic rings. The van der Waals surface area contributed by atoms with E-state index in [0.29, 0.717) is 5.92 Å². The normalized spacial score (nSPS) is 27.4. The molecule has 0 N–H and O–H groups in total. The fraction of sp³-hybridized carbons (Fsp3) is 0.250. The molecule has 248 valence electrons. The largest absolute Gasteiger partial charge is 0.249 e. The van der Waals surface area contributed by atoms with E-state index in [0.717, 1.165) is 84.8 Å². The molecular weight excluding hydrogens is 633 g/mol. The minimum Gasteiger partial charge on any atom is -0.249 e. The number of rotatable bonds is 0. The highest BCUT2D eigenvalue weighted by Crippen LogP contribution is 2.56. The summed E-state index contributed by atoms with van der Waals surface area (Å²) in [5, 5.41) is 0. The first kappa shape index (κ1) is 28.1. The molecule has 2 aromatic heterocycles. The van der Waals surface area contributed by atoms with Crippen LogP contribution in [0.15, 0.2) is 158 Å². The lowest BCUT2D eigenvalue weighted by Crippen LogP contribution is -2.15. The van der Waals surface area contributed by atoms with E-state index in [2.05, 4.69) is 97.1 Å². The summed E-state index contributed by atoms with van der Waals surface area (Å²) in [7, 11) is 0. The predicted octanol–water partition coefficient (Wildman–Crippen LogP) is 10.8. The van der Waals surface area contributed by atoms with Gasteiger partial charge in [-0.1, -0.05) is 95.2 Å². The summed E-state index contributed by atoms with van der Waals surface area (Å²) in [5.74, 6) is 1.02. The summed E-state index contributed by atoms with van der Waals surface area (Å²) in [4.78, 5) is 22.1. The van der Waals surface area contributed by atoms with Crippen molar-refractivity contribution in [2.75, 3.05) is 0 Å². The second-order valence-electron chi connectivity index (χ2n) is 16.4. The molecule has 0 radical (unpaired) electrons. The van der Waals surface area contributed by atoms with Gasteiger partial charge in [-0.2, -0.15) is 0 Å². The lowest BCUT2D eigenvalue weighted by atomic mass is 9.76. The van der Waals surface area contributed by atoms with Crippen molar-refractivity contribution in [1.82, 2.24) is 19.9 Å². The van der Waals surface area contributed by atoms with Crippen LogP contribution < -0.4 is 0 Å². The first-order valence-electron chi connectivity index (χ1n) is 19.3. The zero-order chi connectivity index (χ0) is 33.7. The van der Waals surface area contributed by atoms with Crippen LogP contribution in [0.3, 0.4) is 0 Å². The SMILES string of the molecule is C1=CC2=C3C=C4CC5=C(CC6C(=C5)CC5=CC7=C(C=CC8CC1=C(C=C8C7)C3)CC5c1nc3ccccc3nc16)c1nc3ccccc3nc1C4C2. The van der Waals surface area contributed by atoms with Crippen LogP contribution >= 0.6 is 0 Å². The van der Waals surface area contributed by atoms with E-state index in [1.807, 2.05) is 0 Å². The number of benzene rings is 2. The first-order valence-corrected chi connectivity index (χ1v) is 19.3. The standard InChI is InChI=1S/C48H36N4/c1-3-7-43-41(5-1)49-45-37-22-27-11-9-25-13-26-10-12-28-23-38-34-18-32(28)16-30(26)14-29(25)15-31(27)17-33(37)19-35-21-36(20-34)40(24-39(35)47(45)51-43)48-46(38)50-42-6-2-4-8-44(42)52-48/h1-12,14,17-18,21,25,37-39H,13,15-16,19-20,22-24H2. The number of hydrogen-bond acceptors (Lipinski definition) is 4. The van der Waals surface area contributed by atoms with E-state index in [4.69, 9.17) is 19.9 Å². The highest BCUT2D eigenvalue weighted by molar-refractivity contribution is 5.83. The van der Waals surface area contributed by atoms with Crippen molar-refractivity contribution < 1.29 is 0 Å². The monoisotopic (exact) mass is 668 g/mol. The molecule has 8 bridgehead atoms. The van der Waals surface area contributed by atoms with Gasteiger partial charge in [-0.3, -0.25) is 0 Å². The topological polar surface area (TPSA) is 51.6 Å². The molecule has 52 heavy (non-hydrogen) atoms. The van der Waals surface area contributed by atoms with E-state index in [1.165, 1.54) is 72.7 Å². The molecule has 0 aliphatic heterocycles. The molecule has 4 nitrogen and oxygen atoms in total. The third-order valence-corrected chi connectivity index (χ3v) is 13.7. The van der Waals surface area contributed by atoms with E-state index in [-0.39, 0.29) is 17.8 Å². The fourth-order valence-electron chi connectivity index (χ4n) is 11.1. The number of para-hydroxylation sites is 4. The van der Waals surface area contributed by atoms with Gasteiger partial charge in [0, 0.05) is 23.7 Å². The second-order valence-corrected chi connectivity index (χ2v) is 16.4. The maximum Gasteiger partial charge on any atom is 0.0894 e. The average Bonchev–Trinajstić information content (AvgIpc) is 3.55. The Morgan fingerprint density at radius 3 is 1.62 bits per heavy atom. The molecule has 0 fully saturated rings. The van der Waals surface area contributed by atoms with Crippen LogP contribution in [-0.2, 0) is 0 Å². The van der Waals surface area contributed by atoms with Gasteiger partial charge in [0.05, 0.1) is 44.8 Å². The van der Waals surface area contributed by atoms with E-state index in [1.54, 1.807) is 5.57 Å². The Bertz CT molecular complexity index is 2750. The van der Waals surface area contributed by atoms with Gasteiger partial charge in [-0.25, -0.2) is 19.9 Å². The minimum atomic E-state index is 0.149. The van der Waals surface area contributed by atoms with Crippen LogP contribution in [-0.4, -0.2) is 19.9 Å². The Hall–Kier alpha value is -5.48. The molecule has 4 unspecified atom stereocenters. The van der Waals surface area contributed by atoms with Crippen molar-refractivity contribution in [2.45, 2.75) is 69.1 Å². The smallest absolute Gasteiger partial charge is 0.0894 e. The third kappa shape index (κ3) is 3.93. The average molecular weight is 669 g/mol. The van der Waals surface area contributed by atoms with Crippen molar-refractivity contribution in [1.29, 1.82) is 0 Å². The maximum absolute atomic E-state index is 5.55. The quantitative estimate of drug-likeness (QED) is 0.187. The van der Waals surface area contributed by atoms with Crippen molar-refractivity contribution in [2.24, 2.45) is 5.92 Å². The number of allylic oxidation sites excluding steroid dienone is 20. The zero-order valence-corrected chi connectivity index (χ0v) is 29.0. The van der Waals surface area contributed by atoms with Gasteiger partial charge in [-0.15, -0.1) is 0 Å².